The molecule has 2 nitrogen and oxygen atoms in total. The van der Waals surface area contributed by atoms with Gasteiger partial charge in [-0.25, -0.2) is 0 Å². The first kappa shape index (κ1) is 20.8. The third-order valence-electron chi connectivity index (χ3n) is 9.36. The van der Waals surface area contributed by atoms with Crippen LogP contribution in [0.15, 0.2) is 36.0 Å². The lowest BCUT2D eigenvalue weighted by Crippen LogP contribution is -2.48. The van der Waals surface area contributed by atoms with Crippen LogP contribution in [0.2, 0.25) is 0 Å². The quantitative estimate of drug-likeness (QED) is 0.546. The molecule has 0 N–H and O–H groups in total. The van der Waals surface area contributed by atoms with Gasteiger partial charge in [-0.2, -0.15) is 0 Å². The molecule has 0 bridgehead atoms. The molecule has 0 spiro atoms. The lowest BCUT2D eigenvalue weighted by atomic mass is 9.49. The highest BCUT2D eigenvalue weighted by Gasteiger charge is 2.58. The summed E-state index contributed by atoms with van der Waals surface area (Å²) in [4.78, 5) is 24.1. The number of hydrogen-bond acceptors (Lipinski definition) is 2. The first-order valence-electron chi connectivity index (χ1n) is 11.8. The van der Waals surface area contributed by atoms with E-state index >= 15 is 0 Å². The highest BCUT2D eigenvalue weighted by atomic mass is 16.1. The average Bonchev–Trinajstić information content (AvgIpc) is 3.03. The standard InChI is InChI=1S/C27H38O2/c1-17(2)25(29)11-6-18(3)22-9-10-23-21-8-7-19-16-20(28)12-14-26(19,4)24(21)13-15-27(22,23)5/h7-8,12,14,16-18,21-24H,6,9-11,13,15H2,1-5H3/t18-,21+,22-,23+,24+,26+,27-/m1/s1. The van der Waals surface area contributed by atoms with E-state index in [0.29, 0.717) is 29.0 Å². The molecule has 4 rings (SSSR count). The van der Waals surface area contributed by atoms with Crippen LogP contribution in [0.3, 0.4) is 0 Å². The number of carbonyl (C=O) groups is 2. The molecule has 2 heteroatoms. The summed E-state index contributed by atoms with van der Waals surface area (Å²) >= 11 is 0. The predicted octanol–water partition coefficient (Wildman–Crippen LogP) is 6.33. The van der Waals surface area contributed by atoms with E-state index in [4.69, 9.17) is 0 Å². The fraction of sp³-hybridized carbons (Fsp3) is 0.704. The second-order valence-corrected chi connectivity index (χ2v) is 11.1. The maximum Gasteiger partial charge on any atom is 0.178 e. The second kappa shape index (κ2) is 7.36. The Kier molecular flexibility index (Phi) is 5.28. The van der Waals surface area contributed by atoms with E-state index in [1.807, 2.05) is 19.9 Å². The number of ketones is 2. The number of allylic oxidation sites excluding steroid dienone is 6. The van der Waals surface area contributed by atoms with Crippen LogP contribution in [0.5, 0.6) is 0 Å². The van der Waals surface area contributed by atoms with Crippen molar-refractivity contribution in [1.82, 2.24) is 0 Å². The van der Waals surface area contributed by atoms with Crippen LogP contribution in [0.25, 0.3) is 0 Å². The number of Topliss-reactive ketones (excluding diaryl/α,β-unsaturated/α-hetero) is 1. The molecule has 0 heterocycles. The maximum absolute atomic E-state index is 12.2. The van der Waals surface area contributed by atoms with Gasteiger partial charge in [0.25, 0.3) is 0 Å². The zero-order chi connectivity index (χ0) is 21.0. The van der Waals surface area contributed by atoms with Crippen molar-refractivity contribution in [3.63, 3.8) is 0 Å². The van der Waals surface area contributed by atoms with E-state index in [1.165, 1.54) is 31.3 Å². The topological polar surface area (TPSA) is 34.1 Å². The number of rotatable bonds is 5. The molecule has 0 aromatic heterocycles. The molecule has 158 valence electrons. The SMILES string of the molecule is CC(C)C(=O)CC[C@@H](C)[C@H]1CC[C@H]2[C@@H]3C=CC4=CC(=O)C=C[C@]4(C)[C@H]3CC[C@]12C. The minimum absolute atomic E-state index is 0.0159. The van der Waals surface area contributed by atoms with Crippen LogP contribution < -0.4 is 0 Å². The average molecular weight is 395 g/mol. The Morgan fingerprint density at radius 2 is 1.86 bits per heavy atom. The van der Waals surface area contributed by atoms with Crippen molar-refractivity contribution in [3.05, 3.63) is 36.0 Å². The Morgan fingerprint density at radius 1 is 1.10 bits per heavy atom. The lowest BCUT2D eigenvalue weighted by Gasteiger charge is -2.55. The molecule has 29 heavy (non-hydrogen) atoms. The number of fused-ring (bicyclic) bond motifs is 5. The molecule has 4 aliphatic rings. The van der Waals surface area contributed by atoms with Crippen molar-refractivity contribution in [1.29, 1.82) is 0 Å². The van der Waals surface area contributed by atoms with Crippen LogP contribution in [0, 0.1) is 46.3 Å². The molecule has 7 atom stereocenters. The monoisotopic (exact) mass is 394 g/mol. The number of carbonyl (C=O) groups excluding carboxylic acids is 2. The smallest absolute Gasteiger partial charge is 0.178 e. The first-order chi connectivity index (χ1) is 13.7. The van der Waals surface area contributed by atoms with Gasteiger partial charge in [0.15, 0.2) is 5.78 Å². The Morgan fingerprint density at radius 3 is 2.59 bits per heavy atom. The van der Waals surface area contributed by atoms with Crippen molar-refractivity contribution in [2.45, 2.75) is 73.1 Å². The molecule has 0 unspecified atom stereocenters. The summed E-state index contributed by atoms with van der Waals surface area (Å²) < 4.78 is 0. The van der Waals surface area contributed by atoms with Gasteiger partial charge in [0.1, 0.15) is 5.78 Å². The third kappa shape index (κ3) is 3.31. The molecule has 0 aromatic rings. The van der Waals surface area contributed by atoms with Gasteiger partial charge in [-0.3, -0.25) is 9.59 Å². The molecule has 0 amide bonds. The van der Waals surface area contributed by atoms with Crippen molar-refractivity contribution in [3.8, 4) is 0 Å². The van der Waals surface area contributed by atoms with Crippen LogP contribution in [-0.2, 0) is 9.59 Å². The van der Waals surface area contributed by atoms with Crippen LogP contribution in [-0.4, -0.2) is 11.6 Å². The zero-order valence-corrected chi connectivity index (χ0v) is 18.9. The highest BCUT2D eigenvalue weighted by Crippen LogP contribution is 2.65. The second-order valence-electron chi connectivity index (χ2n) is 11.1. The predicted molar refractivity (Wildman–Crippen MR) is 118 cm³/mol. The summed E-state index contributed by atoms with van der Waals surface area (Å²) in [6.07, 6.45) is 17.5. The van der Waals surface area contributed by atoms with E-state index in [9.17, 15) is 9.59 Å². The molecule has 4 aliphatic carbocycles. The van der Waals surface area contributed by atoms with Gasteiger partial charge in [0.05, 0.1) is 0 Å². The molecular weight excluding hydrogens is 356 g/mol. The fourth-order valence-electron chi connectivity index (χ4n) is 7.49. The zero-order valence-electron chi connectivity index (χ0n) is 18.9. The molecule has 0 radical (unpaired) electrons. The Labute approximate surface area is 176 Å². The summed E-state index contributed by atoms with van der Waals surface area (Å²) in [6.45, 7) is 11.3. The van der Waals surface area contributed by atoms with Crippen molar-refractivity contribution in [2.75, 3.05) is 0 Å². The maximum atomic E-state index is 12.2. The summed E-state index contributed by atoms with van der Waals surface area (Å²) in [5, 5.41) is 0. The summed E-state index contributed by atoms with van der Waals surface area (Å²) in [6, 6.07) is 0. The number of hydrogen-bond donors (Lipinski definition) is 0. The van der Waals surface area contributed by atoms with Crippen molar-refractivity contribution >= 4 is 11.6 Å². The van der Waals surface area contributed by atoms with Gasteiger partial charge < -0.3 is 0 Å². The Hall–Kier alpha value is -1.44. The molecule has 0 aromatic carbocycles. The third-order valence-corrected chi connectivity index (χ3v) is 9.36. The molecule has 2 saturated carbocycles. The van der Waals surface area contributed by atoms with E-state index in [2.05, 4.69) is 39.0 Å². The van der Waals surface area contributed by atoms with Gasteiger partial charge in [-0.1, -0.05) is 52.8 Å². The molecule has 0 saturated heterocycles. The lowest BCUT2D eigenvalue weighted by molar-refractivity contribution is -0.122. The van der Waals surface area contributed by atoms with Gasteiger partial charge in [0, 0.05) is 17.8 Å². The van der Waals surface area contributed by atoms with Gasteiger partial charge in [-0.15, -0.1) is 0 Å². The van der Waals surface area contributed by atoms with E-state index in [1.54, 1.807) is 6.08 Å². The van der Waals surface area contributed by atoms with Crippen LogP contribution >= 0.6 is 0 Å². The summed E-state index contributed by atoms with van der Waals surface area (Å²) in [7, 11) is 0. The van der Waals surface area contributed by atoms with E-state index in [-0.39, 0.29) is 17.1 Å². The minimum atomic E-state index is 0.0159. The Bertz CT molecular complexity index is 784. The van der Waals surface area contributed by atoms with Crippen LogP contribution in [0.1, 0.15) is 73.1 Å². The fourth-order valence-corrected chi connectivity index (χ4v) is 7.49. The molecular formula is C27H38O2. The van der Waals surface area contributed by atoms with Crippen molar-refractivity contribution in [2.24, 2.45) is 46.3 Å². The van der Waals surface area contributed by atoms with Crippen LogP contribution in [0.4, 0.5) is 0 Å². The van der Waals surface area contributed by atoms with Crippen molar-refractivity contribution < 1.29 is 9.59 Å². The Balaban J connectivity index is 1.54. The minimum Gasteiger partial charge on any atom is -0.299 e. The largest absolute Gasteiger partial charge is 0.299 e. The molecule has 2 fully saturated rings. The normalized spacial score (nSPS) is 41.6. The van der Waals surface area contributed by atoms with Gasteiger partial charge >= 0.3 is 0 Å². The van der Waals surface area contributed by atoms with E-state index < -0.39 is 0 Å². The first-order valence-corrected chi connectivity index (χ1v) is 11.8. The summed E-state index contributed by atoms with van der Waals surface area (Å²) in [5.41, 5.74) is 1.62. The highest BCUT2D eigenvalue weighted by molar-refractivity contribution is 6.01. The summed E-state index contributed by atoms with van der Waals surface area (Å²) in [5.74, 6) is 4.02. The van der Waals surface area contributed by atoms with Gasteiger partial charge in [-0.05, 0) is 84.8 Å². The molecule has 0 aliphatic heterocycles. The van der Waals surface area contributed by atoms with E-state index in [0.717, 1.165) is 24.7 Å². The van der Waals surface area contributed by atoms with Gasteiger partial charge in [0.2, 0.25) is 0 Å².